The molecule has 3 aromatic heterocycles. The summed E-state index contributed by atoms with van der Waals surface area (Å²) in [6, 6.07) is 8.95. The van der Waals surface area contributed by atoms with Gasteiger partial charge in [-0.25, -0.2) is 22.6 Å². The summed E-state index contributed by atoms with van der Waals surface area (Å²) in [6.45, 7) is 3.27. The van der Waals surface area contributed by atoms with Gasteiger partial charge in [0.2, 0.25) is 18.6 Å². The Morgan fingerprint density at radius 1 is 0.860 bits per heavy atom. The smallest absolute Gasteiger partial charge is 0.251 e. The van der Waals surface area contributed by atoms with Gasteiger partial charge in [0.05, 0.1) is 39.7 Å². The van der Waals surface area contributed by atoms with Crippen LogP contribution in [0.1, 0.15) is 59.6 Å². The molecule has 0 N–H and O–H groups in total. The predicted octanol–water partition coefficient (Wildman–Crippen LogP) is 7.50. The van der Waals surface area contributed by atoms with E-state index in [-0.39, 0.29) is 10.5 Å². The molecule has 1 aliphatic rings. The number of rotatable bonds is 6. The monoisotopic (exact) mass is 789 g/mol. The summed E-state index contributed by atoms with van der Waals surface area (Å²) in [6.07, 6.45) is 9.53. The van der Waals surface area contributed by atoms with Gasteiger partial charge >= 0.3 is 6.18 Å². The number of nitrogens with zero attached hydrogens (tertiary/aromatic N) is 9. The molecule has 50 heavy (non-hydrogen) atoms. The highest BCUT2D eigenvalue weighted by Crippen LogP contribution is 2.30. The van der Waals surface area contributed by atoms with Gasteiger partial charge in [0.25, 0.3) is 0 Å². The molecule has 1 fully saturated rings. The average Bonchev–Trinajstić information content (AvgIpc) is 3.41. The van der Waals surface area contributed by atoms with Gasteiger partial charge in [-0.05, 0) is 68.0 Å². The van der Waals surface area contributed by atoms with Gasteiger partial charge in [-0.3, -0.25) is 4.98 Å². The first-order chi connectivity index (χ1) is 23.3. The minimum atomic E-state index is -4.51. The molecule has 0 radical (unpaired) electrons. The van der Waals surface area contributed by atoms with Gasteiger partial charge in [-0.15, -0.1) is 13.1 Å². The number of halogens is 5. The molecule has 0 saturated carbocycles. The minimum absolute atomic E-state index is 0.0369. The van der Waals surface area contributed by atoms with Crippen molar-refractivity contribution in [1.29, 1.82) is 15.8 Å². The van der Waals surface area contributed by atoms with Crippen molar-refractivity contribution in [3.05, 3.63) is 87.7 Å². The van der Waals surface area contributed by atoms with Crippen LogP contribution in [0.5, 0.6) is 0 Å². The van der Waals surface area contributed by atoms with Crippen LogP contribution in [0.3, 0.4) is 0 Å². The second-order valence-electron chi connectivity index (χ2n) is 10.8. The van der Waals surface area contributed by atoms with Crippen molar-refractivity contribution < 1.29 is 25.8 Å². The van der Waals surface area contributed by atoms with Crippen molar-refractivity contribution in [2.24, 2.45) is 13.1 Å². The highest BCUT2D eigenvalue weighted by atomic mass is 35.5. The Balaban J connectivity index is 0.000000261. The first-order valence-electron chi connectivity index (χ1n) is 14.3. The molecule has 1 aliphatic heterocycles. The highest BCUT2D eigenvalue weighted by Gasteiger charge is 2.32. The van der Waals surface area contributed by atoms with Gasteiger partial charge < -0.3 is 0 Å². The van der Waals surface area contributed by atoms with E-state index in [9.17, 15) is 25.8 Å². The fourth-order valence-electron chi connectivity index (χ4n) is 4.35. The van der Waals surface area contributed by atoms with E-state index in [0.717, 1.165) is 36.2 Å². The zero-order chi connectivity index (χ0) is 37.8. The van der Waals surface area contributed by atoms with E-state index >= 15 is 0 Å². The number of hydrogen-bond donors (Lipinski definition) is 0. The number of pyridine rings is 3. The van der Waals surface area contributed by atoms with Crippen molar-refractivity contribution in [2.45, 2.75) is 55.0 Å². The first kappa shape index (κ1) is 42.3. The van der Waals surface area contributed by atoms with Crippen LogP contribution < -0.4 is 0 Å². The molecule has 4 rings (SSSR count). The summed E-state index contributed by atoms with van der Waals surface area (Å²) >= 11 is 11.3. The highest BCUT2D eigenvalue weighted by molar-refractivity contribution is 7.94. The summed E-state index contributed by atoms with van der Waals surface area (Å²) in [7, 11) is -7.71. The lowest BCUT2D eigenvalue weighted by Gasteiger charge is -2.13. The van der Waals surface area contributed by atoms with Crippen LogP contribution in [0.4, 0.5) is 13.2 Å². The molecule has 0 bridgehead atoms. The minimum Gasteiger partial charge on any atom is -0.251 e. The molecular weight excluding hydrogens is 758 g/mol. The van der Waals surface area contributed by atoms with E-state index in [0.29, 0.717) is 28.0 Å². The van der Waals surface area contributed by atoms with E-state index in [1.54, 1.807) is 49.9 Å². The summed E-state index contributed by atoms with van der Waals surface area (Å²) in [5.74, 6) is 0.534. The lowest BCUT2D eigenvalue weighted by Crippen LogP contribution is -2.18. The number of nitriles is 3. The lowest BCUT2D eigenvalue weighted by molar-refractivity contribution is -0.141. The maximum atomic E-state index is 12.4. The van der Waals surface area contributed by atoms with Crippen LogP contribution in [-0.2, 0) is 41.8 Å². The average molecular weight is 791 g/mol. The molecule has 1 saturated heterocycles. The van der Waals surface area contributed by atoms with Crippen molar-refractivity contribution in [1.82, 2.24) is 15.0 Å². The standard InChI is InChI=1S/C11H12ClN3OS.C10H10F3N3OS.C9H10ClN3OS/c12-11-4-3-9(7-14-11)6-10-2-1-5-17(10,16)15-8-13;1-7(18(2,17)16-6-14)8-3-4-9(15-5-8)10(11,12)13;1-7(15(2,14)13-6-11)8-3-4-9(10)12-5-8/h3-4,7,10H,1-2,5-6H2;3-5,7H,1-2H3;3-5,7H,1-2H3. The Hall–Kier alpha value is -3.86. The lowest BCUT2D eigenvalue weighted by atomic mass is 10.1. The fourth-order valence-corrected chi connectivity index (χ4v) is 8.78. The van der Waals surface area contributed by atoms with Crippen LogP contribution in [-0.4, -0.2) is 51.1 Å². The maximum absolute atomic E-state index is 12.4. The molecule has 20 heteroatoms. The Kier molecular flexibility index (Phi) is 15.6. The quantitative estimate of drug-likeness (QED) is 0.179. The second kappa shape index (κ2) is 18.4. The van der Waals surface area contributed by atoms with Crippen molar-refractivity contribution >= 4 is 52.4 Å². The Morgan fingerprint density at radius 3 is 1.76 bits per heavy atom. The van der Waals surface area contributed by atoms with E-state index in [1.165, 1.54) is 31.7 Å². The fraction of sp³-hybridized carbons (Fsp3) is 0.400. The number of aromatic nitrogens is 3. The molecule has 4 heterocycles. The number of alkyl halides is 3. The zero-order valence-electron chi connectivity index (χ0n) is 27.1. The topological polar surface area (TPSA) is 198 Å². The molecule has 0 spiro atoms. The van der Waals surface area contributed by atoms with E-state index < -0.39 is 46.3 Å². The van der Waals surface area contributed by atoms with Crippen molar-refractivity contribution in [3.63, 3.8) is 0 Å². The third kappa shape index (κ3) is 12.5. The van der Waals surface area contributed by atoms with Crippen LogP contribution >= 0.6 is 23.2 Å². The maximum Gasteiger partial charge on any atom is 0.433 e. The third-order valence-corrected chi connectivity index (χ3v) is 14.7. The van der Waals surface area contributed by atoms with Gasteiger partial charge in [0.1, 0.15) is 16.0 Å². The summed E-state index contributed by atoms with van der Waals surface area (Å²) in [5.41, 5.74) is 1.07. The molecule has 12 nitrogen and oxygen atoms in total. The number of hydrogen-bond acceptors (Lipinski definition) is 12. The molecule has 3 aromatic rings. The molecular formula is C30H32Cl2F3N9O3S3. The summed E-state index contributed by atoms with van der Waals surface area (Å²) < 4.78 is 83.4. The first-order valence-corrected chi connectivity index (χ1v) is 20.8. The van der Waals surface area contributed by atoms with Crippen LogP contribution in [0, 0.1) is 34.4 Å². The summed E-state index contributed by atoms with van der Waals surface area (Å²) in [4.78, 5) is 11.2. The Bertz CT molecular complexity index is 2120. The van der Waals surface area contributed by atoms with Crippen LogP contribution in [0.15, 0.2) is 68.1 Å². The van der Waals surface area contributed by atoms with Gasteiger partial charge in [0.15, 0.2) is 0 Å². The molecule has 0 aliphatic carbocycles. The predicted molar refractivity (Wildman–Crippen MR) is 187 cm³/mol. The normalized spacial score (nSPS) is 20.2. The van der Waals surface area contributed by atoms with Gasteiger partial charge in [0, 0.05) is 42.1 Å². The SMILES string of the molecule is CC(c1ccc(C(F)(F)F)nc1)S(C)(=O)=NC#N.CC(c1ccc(Cl)nc1)S(C)(=O)=NC#N.N#CN=S1(=O)CCCC1Cc1ccc(Cl)nc1. The van der Waals surface area contributed by atoms with Crippen molar-refractivity contribution in [3.8, 4) is 18.6 Å². The second-order valence-corrected chi connectivity index (χ2v) is 19.5. The van der Waals surface area contributed by atoms with Gasteiger partial charge in [-0.1, -0.05) is 41.4 Å². The molecule has 6 unspecified atom stereocenters. The Labute approximate surface area is 300 Å². The van der Waals surface area contributed by atoms with E-state index in [2.05, 4.69) is 28.0 Å². The zero-order valence-corrected chi connectivity index (χ0v) is 31.1. The Morgan fingerprint density at radius 2 is 1.36 bits per heavy atom. The van der Waals surface area contributed by atoms with Crippen LogP contribution in [0.25, 0.3) is 0 Å². The molecule has 268 valence electrons. The molecule has 0 amide bonds. The van der Waals surface area contributed by atoms with Gasteiger partial charge in [-0.2, -0.15) is 29.0 Å². The van der Waals surface area contributed by atoms with E-state index in [4.69, 9.17) is 39.0 Å². The van der Waals surface area contributed by atoms with Crippen molar-refractivity contribution in [2.75, 3.05) is 18.3 Å². The molecule has 6 atom stereocenters. The van der Waals surface area contributed by atoms with Crippen LogP contribution in [0.2, 0.25) is 10.3 Å². The summed E-state index contributed by atoms with van der Waals surface area (Å²) in [5, 5.41) is 25.2. The largest absolute Gasteiger partial charge is 0.433 e. The third-order valence-electron chi connectivity index (χ3n) is 7.45. The van der Waals surface area contributed by atoms with E-state index in [1.807, 2.05) is 6.07 Å². The molecule has 0 aromatic carbocycles.